The molecule has 1 atom stereocenters. The summed E-state index contributed by atoms with van der Waals surface area (Å²) in [5, 5.41) is 10.8. The lowest BCUT2D eigenvalue weighted by Gasteiger charge is -2.15. The molecule has 3 aromatic rings. The van der Waals surface area contributed by atoms with Gasteiger partial charge in [-0.25, -0.2) is 4.68 Å². The highest BCUT2D eigenvalue weighted by atomic mass is 32.1. The van der Waals surface area contributed by atoms with Crippen molar-refractivity contribution in [1.82, 2.24) is 20.3 Å². The summed E-state index contributed by atoms with van der Waals surface area (Å²) in [5.41, 5.74) is 7.99. The summed E-state index contributed by atoms with van der Waals surface area (Å²) in [6, 6.07) is 13.9. The van der Waals surface area contributed by atoms with Gasteiger partial charge in [0.25, 0.3) is 5.91 Å². The summed E-state index contributed by atoms with van der Waals surface area (Å²) in [4.78, 5) is 14.0. The van der Waals surface area contributed by atoms with Gasteiger partial charge in [0.1, 0.15) is 0 Å². The first-order valence-corrected chi connectivity index (χ1v) is 8.96. The summed E-state index contributed by atoms with van der Waals surface area (Å²) in [5.74, 6) is 0.143. The third-order valence-electron chi connectivity index (χ3n) is 4.05. The monoisotopic (exact) mass is 355 g/mol. The average molecular weight is 355 g/mol. The summed E-state index contributed by atoms with van der Waals surface area (Å²) >= 11 is 1.43. The van der Waals surface area contributed by atoms with Gasteiger partial charge in [0, 0.05) is 13.6 Å². The SMILES string of the molecule is Cn1nncc1-c1ccc(C(=O)NCC(CN)Cc2ccccc2)s1. The zero-order valence-corrected chi connectivity index (χ0v) is 14.9. The van der Waals surface area contributed by atoms with Gasteiger partial charge in [-0.3, -0.25) is 4.79 Å². The van der Waals surface area contributed by atoms with E-state index < -0.39 is 0 Å². The van der Waals surface area contributed by atoms with E-state index in [9.17, 15) is 4.79 Å². The van der Waals surface area contributed by atoms with Crippen LogP contribution in [-0.4, -0.2) is 34.0 Å². The number of carbonyl (C=O) groups excluding carboxylic acids is 1. The number of amides is 1. The van der Waals surface area contributed by atoms with E-state index in [0.717, 1.165) is 17.0 Å². The fourth-order valence-corrected chi connectivity index (χ4v) is 3.58. The third-order valence-corrected chi connectivity index (χ3v) is 5.16. The van der Waals surface area contributed by atoms with E-state index in [0.29, 0.717) is 18.0 Å². The first-order valence-electron chi connectivity index (χ1n) is 8.14. The minimum Gasteiger partial charge on any atom is -0.351 e. The van der Waals surface area contributed by atoms with Gasteiger partial charge in [-0.2, -0.15) is 0 Å². The van der Waals surface area contributed by atoms with E-state index in [4.69, 9.17) is 5.73 Å². The Labute approximate surface area is 150 Å². The van der Waals surface area contributed by atoms with Crippen molar-refractivity contribution in [2.45, 2.75) is 6.42 Å². The predicted molar refractivity (Wildman–Crippen MR) is 99.3 cm³/mol. The fourth-order valence-electron chi connectivity index (χ4n) is 2.62. The van der Waals surface area contributed by atoms with Crippen molar-refractivity contribution in [3.63, 3.8) is 0 Å². The number of rotatable bonds is 7. The minimum atomic E-state index is -0.0714. The molecule has 0 saturated carbocycles. The van der Waals surface area contributed by atoms with Gasteiger partial charge >= 0.3 is 0 Å². The van der Waals surface area contributed by atoms with E-state index in [2.05, 4.69) is 27.8 Å². The Bertz CT molecular complexity index is 827. The highest BCUT2D eigenvalue weighted by Crippen LogP contribution is 2.26. The smallest absolute Gasteiger partial charge is 0.261 e. The Morgan fingerprint density at radius 1 is 1.28 bits per heavy atom. The first kappa shape index (κ1) is 17.3. The first-order chi connectivity index (χ1) is 12.2. The maximum absolute atomic E-state index is 12.4. The number of carbonyl (C=O) groups is 1. The summed E-state index contributed by atoms with van der Waals surface area (Å²) < 4.78 is 1.69. The molecule has 6 nitrogen and oxygen atoms in total. The molecule has 0 aliphatic heterocycles. The number of benzene rings is 1. The summed E-state index contributed by atoms with van der Waals surface area (Å²) in [6.45, 7) is 1.09. The average Bonchev–Trinajstić information content (AvgIpc) is 3.28. The number of hydrogen-bond acceptors (Lipinski definition) is 5. The number of aromatic nitrogens is 3. The van der Waals surface area contributed by atoms with Crippen molar-refractivity contribution < 1.29 is 4.79 Å². The molecular weight excluding hydrogens is 334 g/mol. The van der Waals surface area contributed by atoms with Crippen molar-refractivity contribution >= 4 is 17.2 Å². The molecule has 3 N–H and O–H groups in total. The van der Waals surface area contributed by atoms with Gasteiger partial charge < -0.3 is 11.1 Å². The number of thiophene rings is 1. The molecule has 0 bridgehead atoms. The number of hydrogen-bond donors (Lipinski definition) is 2. The number of aryl methyl sites for hydroxylation is 1. The number of nitrogens with zero attached hydrogens (tertiary/aromatic N) is 3. The molecule has 0 spiro atoms. The Hall–Kier alpha value is -2.51. The maximum atomic E-state index is 12.4. The zero-order valence-electron chi connectivity index (χ0n) is 14.1. The second-order valence-corrected chi connectivity index (χ2v) is 6.99. The number of nitrogens with two attached hydrogens (primary N) is 1. The fraction of sp³-hybridized carbons (Fsp3) is 0.278. The Balaban J connectivity index is 1.58. The van der Waals surface area contributed by atoms with Crippen molar-refractivity contribution in [2.75, 3.05) is 13.1 Å². The second-order valence-electron chi connectivity index (χ2n) is 5.91. The van der Waals surface area contributed by atoms with Gasteiger partial charge in [0.05, 0.1) is 21.6 Å². The molecular formula is C18H21N5OS. The van der Waals surface area contributed by atoms with Crippen molar-refractivity contribution in [3.05, 3.63) is 59.1 Å². The largest absolute Gasteiger partial charge is 0.351 e. The van der Waals surface area contributed by atoms with Crippen LogP contribution < -0.4 is 11.1 Å². The van der Waals surface area contributed by atoms with Crippen LogP contribution in [0.3, 0.4) is 0 Å². The molecule has 1 amide bonds. The van der Waals surface area contributed by atoms with Crippen LogP contribution in [0, 0.1) is 5.92 Å². The Morgan fingerprint density at radius 3 is 2.76 bits per heavy atom. The lowest BCUT2D eigenvalue weighted by Crippen LogP contribution is -2.33. The predicted octanol–water partition coefficient (Wildman–Crippen LogP) is 2.09. The molecule has 130 valence electrons. The van der Waals surface area contributed by atoms with Crippen LogP contribution in [0.2, 0.25) is 0 Å². The van der Waals surface area contributed by atoms with E-state index >= 15 is 0 Å². The molecule has 25 heavy (non-hydrogen) atoms. The van der Waals surface area contributed by atoms with Crippen LogP contribution in [0.5, 0.6) is 0 Å². The molecule has 0 fully saturated rings. The lowest BCUT2D eigenvalue weighted by molar-refractivity contribution is 0.0951. The number of nitrogens with one attached hydrogen (secondary N) is 1. The van der Waals surface area contributed by atoms with Crippen molar-refractivity contribution in [1.29, 1.82) is 0 Å². The molecule has 1 unspecified atom stereocenters. The van der Waals surface area contributed by atoms with Crippen LogP contribution in [-0.2, 0) is 13.5 Å². The van der Waals surface area contributed by atoms with Crippen molar-refractivity contribution in [2.24, 2.45) is 18.7 Å². The van der Waals surface area contributed by atoms with Gasteiger partial charge in [0.2, 0.25) is 0 Å². The van der Waals surface area contributed by atoms with Gasteiger partial charge in [-0.05, 0) is 36.6 Å². The standard InChI is InChI=1S/C18H21N5OS/c1-23-15(12-21-22-23)16-7-8-17(25-16)18(24)20-11-14(10-19)9-13-5-3-2-4-6-13/h2-8,12,14H,9-11,19H2,1H3,(H,20,24). The van der Waals surface area contributed by atoms with Crippen LogP contribution in [0.4, 0.5) is 0 Å². The molecule has 2 aromatic heterocycles. The summed E-state index contributed by atoms with van der Waals surface area (Å²) in [7, 11) is 1.83. The molecule has 0 aliphatic carbocycles. The molecule has 1 aromatic carbocycles. The van der Waals surface area contributed by atoms with Crippen LogP contribution in [0.15, 0.2) is 48.7 Å². The highest BCUT2D eigenvalue weighted by molar-refractivity contribution is 7.17. The van der Waals surface area contributed by atoms with E-state index in [1.54, 1.807) is 10.9 Å². The Kier molecular flexibility index (Phi) is 5.57. The van der Waals surface area contributed by atoms with Gasteiger partial charge in [-0.1, -0.05) is 35.5 Å². The minimum absolute atomic E-state index is 0.0714. The van der Waals surface area contributed by atoms with Crippen LogP contribution in [0.1, 0.15) is 15.2 Å². The molecule has 0 aliphatic rings. The van der Waals surface area contributed by atoms with Crippen LogP contribution in [0.25, 0.3) is 10.6 Å². The van der Waals surface area contributed by atoms with E-state index in [1.807, 2.05) is 37.4 Å². The zero-order chi connectivity index (χ0) is 17.6. The van der Waals surface area contributed by atoms with E-state index in [-0.39, 0.29) is 11.8 Å². The topological polar surface area (TPSA) is 85.8 Å². The van der Waals surface area contributed by atoms with Gasteiger partial charge in [0.15, 0.2) is 0 Å². The molecule has 7 heteroatoms. The van der Waals surface area contributed by atoms with E-state index in [1.165, 1.54) is 16.9 Å². The molecule has 2 heterocycles. The highest BCUT2D eigenvalue weighted by Gasteiger charge is 2.14. The lowest BCUT2D eigenvalue weighted by atomic mass is 9.99. The van der Waals surface area contributed by atoms with Crippen LogP contribution >= 0.6 is 11.3 Å². The Morgan fingerprint density at radius 2 is 2.08 bits per heavy atom. The molecule has 0 radical (unpaired) electrons. The second kappa shape index (κ2) is 8.04. The van der Waals surface area contributed by atoms with Crippen molar-refractivity contribution in [3.8, 4) is 10.6 Å². The van der Waals surface area contributed by atoms with Gasteiger partial charge in [-0.15, -0.1) is 16.4 Å². The quantitative estimate of drug-likeness (QED) is 0.679. The third kappa shape index (κ3) is 4.32. The maximum Gasteiger partial charge on any atom is 0.261 e. The normalized spacial score (nSPS) is 12.1. The summed E-state index contributed by atoms with van der Waals surface area (Å²) in [6.07, 6.45) is 2.55. The molecule has 3 rings (SSSR count). The molecule has 0 saturated heterocycles.